The molecule has 1 rings (SSSR count). The Morgan fingerprint density at radius 2 is 2.12 bits per heavy atom. The minimum absolute atomic E-state index is 0.0534. The van der Waals surface area contributed by atoms with Crippen molar-refractivity contribution >= 4 is 31.6 Å². The van der Waals surface area contributed by atoms with Crippen molar-refractivity contribution in [3.63, 3.8) is 0 Å². The number of sulfonamides is 1. The standard InChI is InChI=1S/C10H15BrN2O3S/c1-7-9(12)5-8(11)6-10(7)17(15,16)13-3-2-4-14/h5-6,13-14H,2-4,12H2,1H3. The summed E-state index contributed by atoms with van der Waals surface area (Å²) in [6.45, 7) is 1.80. The van der Waals surface area contributed by atoms with Crippen molar-refractivity contribution in [3.05, 3.63) is 22.2 Å². The lowest BCUT2D eigenvalue weighted by molar-refractivity contribution is 0.289. The lowest BCUT2D eigenvalue weighted by Gasteiger charge is -2.11. The topological polar surface area (TPSA) is 92.4 Å². The number of aliphatic hydroxyl groups is 1. The summed E-state index contributed by atoms with van der Waals surface area (Å²) in [7, 11) is -3.58. The first kappa shape index (κ1) is 14.4. The molecule has 0 unspecified atom stereocenters. The molecule has 7 heteroatoms. The second kappa shape index (κ2) is 5.81. The first-order valence-electron chi connectivity index (χ1n) is 5.04. The number of nitrogens with one attached hydrogen (secondary N) is 1. The van der Waals surface area contributed by atoms with Crippen LogP contribution in [0.4, 0.5) is 5.69 Å². The Morgan fingerprint density at radius 3 is 2.71 bits per heavy atom. The second-order valence-corrected chi connectivity index (χ2v) is 6.24. The summed E-state index contributed by atoms with van der Waals surface area (Å²) in [4.78, 5) is 0.155. The van der Waals surface area contributed by atoms with Crippen LogP contribution < -0.4 is 10.5 Å². The highest BCUT2D eigenvalue weighted by molar-refractivity contribution is 9.10. The Kier molecular flexibility index (Phi) is 4.93. The fourth-order valence-corrected chi connectivity index (χ4v) is 3.32. The normalized spacial score (nSPS) is 11.7. The van der Waals surface area contributed by atoms with E-state index in [1.165, 1.54) is 6.07 Å². The van der Waals surface area contributed by atoms with Crippen molar-refractivity contribution in [2.45, 2.75) is 18.2 Å². The molecule has 5 nitrogen and oxygen atoms in total. The van der Waals surface area contributed by atoms with Crippen LogP contribution in [0.3, 0.4) is 0 Å². The molecule has 0 spiro atoms. The smallest absolute Gasteiger partial charge is 0.240 e. The van der Waals surface area contributed by atoms with Crippen LogP contribution in [0.1, 0.15) is 12.0 Å². The van der Waals surface area contributed by atoms with Crippen LogP contribution in [0.25, 0.3) is 0 Å². The van der Waals surface area contributed by atoms with Gasteiger partial charge in [0.1, 0.15) is 0 Å². The van der Waals surface area contributed by atoms with Gasteiger partial charge in [-0.1, -0.05) is 15.9 Å². The molecule has 17 heavy (non-hydrogen) atoms. The molecule has 0 aliphatic rings. The molecule has 1 aromatic carbocycles. The van der Waals surface area contributed by atoms with Gasteiger partial charge in [0.2, 0.25) is 10.0 Å². The molecule has 0 bridgehead atoms. The fourth-order valence-electron chi connectivity index (χ4n) is 1.32. The van der Waals surface area contributed by atoms with Crippen molar-refractivity contribution in [1.29, 1.82) is 0 Å². The summed E-state index contributed by atoms with van der Waals surface area (Å²) in [5, 5.41) is 8.61. The van der Waals surface area contributed by atoms with E-state index in [0.717, 1.165) is 0 Å². The number of aliphatic hydroxyl groups excluding tert-OH is 1. The van der Waals surface area contributed by atoms with Crippen molar-refractivity contribution in [2.24, 2.45) is 0 Å². The Labute approximate surface area is 109 Å². The maximum absolute atomic E-state index is 12.0. The molecule has 0 fully saturated rings. The maximum Gasteiger partial charge on any atom is 0.240 e. The van der Waals surface area contributed by atoms with Crippen molar-refractivity contribution in [2.75, 3.05) is 18.9 Å². The SMILES string of the molecule is Cc1c(N)cc(Br)cc1S(=O)(=O)NCCCO. The van der Waals surface area contributed by atoms with Crippen LogP contribution in [-0.2, 0) is 10.0 Å². The number of nitrogen functional groups attached to an aromatic ring is 1. The fraction of sp³-hybridized carbons (Fsp3) is 0.400. The van der Waals surface area contributed by atoms with Gasteiger partial charge in [0.25, 0.3) is 0 Å². The van der Waals surface area contributed by atoms with Crippen molar-refractivity contribution in [1.82, 2.24) is 4.72 Å². The summed E-state index contributed by atoms with van der Waals surface area (Å²) in [6.07, 6.45) is 0.377. The molecule has 0 aliphatic heterocycles. The third-order valence-electron chi connectivity index (χ3n) is 2.28. The van der Waals surface area contributed by atoms with Gasteiger partial charge >= 0.3 is 0 Å². The van der Waals surface area contributed by atoms with Gasteiger partial charge < -0.3 is 10.8 Å². The number of benzene rings is 1. The number of rotatable bonds is 5. The second-order valence-electron chi connectivity index (χ2n) is 3.59. The molecule has 0 radical (unpaired) electrons. The van der Waals surface area contributed by atoms with Crippen LogP contribution in [0.2, 0.25) is 0 Å². The molecule has 0 amide bonds. The average Bonchev–Trinajstić information content (AvgIpc) is 2.23. The predicted octanol–water partition coefficient (Wildman–Crippen LogP) is 1.00. The van der Waals surface area contributed by atoms with E-state index in [1.807, 2.05) is 0 Å². The molecular formula is C10H15BrN2O3S. The van der Waals surface area contributed by atoms with Crippen LogP contribution in [0.15, 0.2) is 21.5 Å². The monoisotopic (exact) mass is 322 g/mol. The summed E-state index contributed by atoms with van der Waals surface area (Å²) in [5.41, 5.74) is 6.65. The zero-order chi connectivity index (χ0) is 13.1. The molecule has 4 N–H and O–H groups in total. The van der Waals surface area contributed by atoms with Gasteiger partial charge in [0.05, 0.1) is 4.90 Å². The summed E-state index contributed by atoms with van der Waals surface area (Å²) >= 11 is 3.21. The third kappa shape index (κ3) is 3.67. The van der Waals surface area contributed by atoms with Gasteiger partial charge in [-0.25, -0.2) is 13.1 Å². The Morgan fingerprint density at radius 1 is 1.47 bits per heavy atom. The van der Waals surface area contributed by atoms with Gasteiger partial charge in [0.15, 0.2) is 0 Å². The zero-order valence-corrected chi connectivity index (χ0v) is 11.8. The predicted molar refractivity (Wildman–Crippen MR) is 70.2 cm³/mol. The van der Waals surface area contributed by atoms with Gasteiger partial charge in [-0.15, -0.1) is 0 Å². The number of hydrogen-bond donors (Lipinski definition) is 3. The average molecular weight is 323 g/mol. The highest BCUT2D eigenvalue weighted by atomic mass is 79.9. The quantitative estimate of drug-likeness (QED) is 0.557. The van der Waals surface area contributed by atoms with Gasteiger partial charge in [-0.3, -0.25) is 0 Å². The molecule has 0 saturated carbocycles. The van der Waals surface area contributed by atoms with E-state index in [2.05, 4.69) is 20.7 Å². The summed E-state index contributed by atoms with van der Waals surface area (Å²) in [5.74, 6) is 0. The van der Waals surface area contributed by atoms with Gasteiger partial charge in [0, 0.05) is 23.3 Å². The van der Waals surface area contributed by atoms with Crippen molar-refractivity contribution < 1.29 is 13.5 Å². The molecule has 0 saturated heterocycles. The van der Waals surface area contributed by atoms with Crippen LogP contribution >= 0.6 is 15.9 Å². The summed E-state index contributed by atoms with van der Waals surface area (Å²) < 4.78 is 26.9. The maximum atomic E-state index is 12.0. The molecule has 1 aromatic rings. The van der Waals surface area contributed by atoms with E-state index >= 15 is 0 Å². The minimum Gasteiger partial charge on any atom is -0.398 e. The molecule has 0 aromatic heterocycles. The molecule has 0 aliphatic carbocycles. The lowest BCUT2D eigenvalue weighted by atomic mass is 10.2. The van der Waals surface area contributed by atoms with E-state index in [0.29, 0.717) is 22.1 Å². The zero-order valence-electron chi connectivity index (χ0n) is 9.40. The van der Waals surface area contributed by atoms with E-state index in [9.17, 15) is 8.42 Å². The summed E-state index contributed by atoms with van der Waals surface area (Å²) in [6, 6.07) is 3.16. The molecular weight excluding hydrogens is 308 g/mol. The first-order valence-corrected chi connectivity index (χ1v) is 7.32. The van der Waals surface area contributed by atoms with E-state index in [-0.39, 0.29) is 18.0 Å². The molecule has 0 heterocycles. The Balaban J connectivity index is 3.06. The van der Waals surface area contributed by atoms with E-state index in [4.69, 9.17) is 10.8 Å². The number of nitrogens with two attached hydrogens (primary N) is 1. The lowest BCUT2D eigenvalue weighted by Crippen LogP contribution is -2.26. The number of halogens is 1. The first-order chi connectivity index (χ1) is 7.88. The largest absolute Gasteiger partial charge is 0.398 e. The van der Waals surface area contributed by atoms with E-state index in [1.54, 1.807) is 13.0 Å². The van der Waals surface area contributed by atoms with Crippen LogP contribution in [0, 0.1) is 6.92 Å². The van der Waals surface area contributed by atoms with E-state index < -0.39 is 10.0 Å². The third-order valence-corrected chi connectivity index (χ3v) is 4.33. The Hall–Kier alpha value is -0.630. The Bertz CT molecular complexity index is 503. The molecule has 0 atom stereocenters. The number of hydrogen-bond acceptors (Lipinski definition) is 4. The number of anilines is 1. The molecule has 96 valence electrons. The minimum atomic E-state index is -3.58. The van der Waals surface area contributed by atoms with Gasteiger partial charge in [-0.2, -0.15) is 0 Å². The highest BCUT2D eigenvalue weighted by Gasteiger charge is 2.18. The van der Waals surface area contributed by atoms with Crippen molar-refractivity contribution in [3.8, 4) is 0 Å². The van der Waals surface area contributed by atoms with Gasteiger partial charge in [-0.05, 0) is 31.0 Å². The highest BCUT2D eigenvalue weighted by Crippen LogP contribution is 2.26. The van der Waals surface area contributed by atoms with Crippen LogP contribution in [-0.4, -0.2) is 26.7 Å². The van der Waals surface area contributed by atoms with Crippen LogP contribution in [0.5, 0.6) is 0 Å².